The zero-order valence-corrected chi connectivity index (χ0v) is 15.9. The Morgan fingerprint density at radius 2 is 0.611 bits per heavy atom. The maximum Gasteiger partial charge on any atom is 0.0753 e. The molecule has 0 unspecified atom stereocenters. The van der Waals surface area contributed by atoms with Crippen LogP contribution in [-0.4, -0.2) is 31.7 Å². The zero-order chi connectivity index (χ0) is 15.9. The molecular weight excluding hydrogens is 218 g/mol. The molecule has 122 valence electrons. The van der Waals surface area contributed by atoms with Gasteiger partial charge in [-0.1, -0.05) is 76.7 Å². The van der Waals surface area contributed by atoms with Crippen molar-refractivity contribution in [2.45, 2.75) is 90.5 Å². The fourth-order valence-corrected chi connectivity index (χ4v) is 0.224. The fourth-order valence-electron chi connectivity index (χ4n) is 0.224. The lowest BCUT2D eigenvalue weighted by molar-refractivity contribution is -0.886. The topological polar surface area (TPSA) is 0 Å². The van der Waals surface area contributed by atoms with E-state index < -0.39 is 0 Å². The van der Waals surface area contributed by atoms with Crippen LogP contribution in [0.5, 0.6) is 0 Å². The van der Waals surface area contributed by atoms with Gasteiger partial charge in [-0.2, -0.15) is 0 Å². The predicted molar refractivity (Wildman–Crippen MR) is 96.7 cm³/mol. The van der Waals surface area contributed by atoms with E-state index in [-0.39, 0.29) is 7.43 Å². The first-order valence-corrected chi connectivity index (χ1v) is 7.94. The van der Waals surface area contributed by atoms with Gasteiger partial charge in [0, 0.05) is 0 Å². The standard InChI is InChI=1S/C6H16N.5C2H6.CH4/c1-5-7(3,4)6-2;5*1-2;/h5-6H2,1-4H3;5*1-2H3;1H4/q+1;;;;;;. The van der Waals surface area contributed by atoms with Crippen LogP contribution in [0.2, 0.25) is 0 Å². The third-order valence-electron chi connectivity index (χ3n) is 1.71. The van der Waals surface area contributed by atoms with Gasteiger partial charge in [-0.25, -0.2) is 0 Å². The van der Waals surface area contributed by atoms with Crippen LogP contribution in [0.1, 0.15) is 90.5 Å². The van der Waals surface area contributed by atoms with Crippen molar-refractivity contribution in [3.05, 3.63) is 0 Å². The SMILES string of the molecule is C.CC.CC.CC.CC.CC.CC[N+](C)(C)CC. The van der Waals surface area contributed by atoms with Gasteiger partial charge in [0.2, 0.25) is 0 Å². The minimum atomic E-state index is 0. The Hall–Kier alpha value is -0.0400. The molecule has 0 aromatic rings. The van der Waals surface area contributed by atoms with Gasteiger partial charge < -0.3 is 4.48 Å². The molecule has 0 aromatic carbocycles. The molecule has 0 saturated carbocycles. The molecule has 0 N–H and O–H groups in total. The zero-order valence-electron chi connectivity index (χ0n) is 15.9. The van der Waals surface area contributed by atoms with Crippen LogP contribution in [0.4, 0.5) is 0 Å². The van der Waals surface area contributed by atoms with Gasteiger partial charge >= 0.3 is 0 Å². The highest BCUT2D eigenvalue weighted by Gasteiger charge is 2.04. The highest BCUT2D eigenvalue weighted by atomic mass is 15.3. The van der Waals surface area contributed by atoms with Gasteiger partial charge in [0.1, 0.15) is 0 Å². The van der Waals surface area contributed by atoms with Crippen LogP contribution >= 0.6 is 0 Å². The van der Waals surface area contributed by atoms with E-state index in [1.165, 1.54) is 13.1 Å². The van der Waals surface area contributed by atoms with E-state index in [0.29, 0.717) is 0 Å². The summed E-state index contributed by atoms with van der Waals surface area (Å²) < 4.78 is 1.14. The molecule has 0 saturated heterocycles. The summed E-state index contributed by atoms with van der Waals surface area (Å²) in [6.45, 7) is 26.9. The highest BCUT2D eigenvalue weighted by Crippen LogP contribution is 1.91. The van der Waals surface area contributed by atoms with Gasteiger partial charge in [-0.05, 0) is 13.8 Å². The van der Waals surface area contributed by atoms with Crippen LogP contribution in [0.25, 0.3) is 0 Å². The molecule has 0 spiro atoms. The minimum Gasteiger partial charge on any atom is -0.329 e. The summed E-state index contributed by atoms with van der Waals surface area (Å²) in [5.41, 5.74) is 0. The third kappa shape index (κ3) is 101. The molecule has 0 bridgehead atoms. The first kappa shape index (κ1) is 43.0. The normalized spacial score (nSPS) is 6.33. The average molecular weight is 269 g/mol. The Bertz CT molecular complexity index is 43.6. The molecule has 0 aliphatic carbocycles. The summed E-state index contributed by atoms with van der Waals surface area (Å²) >= 11 is 0. The average Bonchev–Trinajstić information content (AvgIpc) is 2.49. The van der Waals surface area contributed by atoms with Crippen LogP contribution in [0, 0.1) is 0 Å². The molecule has 0 aromatic heterocycles. The third-order valence-corrected chi connectivity index (χ3v) is 1.71. The molecule has 0 aliphatic heterocycles. The van der Waals surface area contributed by atoms with Crippen molar-refractivity contribution in [3.8, 4) is 0 Å². The molecule has 0 atom stereocenters. The molecule has 1 nitrogen and oxygen atoms in total. The second-order valence-corrected chi connectivity index (χ2v) is 2.57. The first-order valence-electron chi connectivity index (χ1n) is 7.94. The fraction of sp³-hybridized carbons (Fsp3) is 1.00. The Kier molecular flexibility index (Phi) is 163. The maximum absolute atomic E-state index is 2.24. The lowest BCUT2D eigenvalue weighted by Gasteiger charge is -2.25. The van der Waals surface area contributed by atoms with Gasteiger partial charge in [0.05, 0.1) is 27.2 Å². The van der Waals surface area contributed by atoms with Crippen molar-refractivity contribution in [2.24, 2.45) is 0 Å². The van der Waals surface area contributed by atoms with Crippen LogP contribution in [0.3, 0.4) is 0 Å². The molecule has 0 aliphatic rings. The van der Waals surface area contributed by atoms with E-state index in [1.807, 2.05) is 69.2 Å². The largest absolute Gasteiger partial charge is 0.329 e. The number of nitrogens with zero attached hydrogens (tertiary/aromatic N) is 1. The number of quaternary nitrogens is 1. The maximum atomic E-state index is 2.24. The highest BCUT2D eigenvalue weighted by molar-refractivity contribution is 4.17. The van der Waals surface area contributed by atoms with E-state index in [0.717, 1.165) is 4.48 Å². The van der Waals surface area contributed by atoms with Gasteiger partial charge in [0.25, 0.3) is 0 Å². The summed E-state index contributed by atoms with van der Waals surface area (Å²) in [4.78, 5) is 0. The molecule has 0 rings (SSSR count). The molecule has 0 fully saturated rings. The molecule has 1 heteroatoms. The molecule has 18 heavy (non-hydrogen) atoms. The quantitative estimate of drug-likeness (QED) is 0.479. The van der Waals surface area contributed by atoms with Crippen molar-refractivity contribution < 1.29 is 4.48 Å². The summed E-state index contributed by atoms with van der Waals surface area (Å²) in [6.07, 6.45) is 0. The summed E-state index contributed by atoms with van der Waals surface area (Å²) in [6, 6.07) is 0. The lowest BCUT2D eigenvalue weighted by Crippen LogP contribution is -2.38. The van der Waals surface area contributed by atoms with E-state index in [9.17, 15) is 0 Å². The smallest absolute Gasteiger partial charge is 0.0753 e. The van der Waals surface area contributed by atoms with Crippen LogP contribution < -0.4 is 0 Å². The van der Waals surface area contributed by atoms with E-state index in [4.69, 9.17) is 0 Å². The summed E-state index contributed by atoms with van der Waals surface area (Å²) in [7, 11) is 4.47. The predicted octanol–water partition coefficient (Wildman–Crippen LogP) is 6.87. The minimum absolute atomic E-state index is 0. The van der Waals surface area contributed by atoms with Gasteiger partial charge in [-0.15, -0.1) is 0 Å². The second kappa shape index (κ2) is 68.2. The molecule has 0 amide bonds. The van der Waals surface area contributed by atoms with Crippen molar-refractivity contribution in [2.75, 3.05) is 27.2 Å². The Balaban J connectivity index is -0.0000000189. The second-order valence-electron chi connectivity index (χ2n) is 2.57. The van der Waals surface area contributed by atoms with Crippen LogP contribution in [0.15, 0.2) is 0 Å². The number of hydrogen-bond donors (Lipinski definition) is 0. The van der Waals surface area contributed by atoms with Crippen molar-refractivity contribution >= 4 is 0 Å². The van der Waals surface area contributed by atoms with E-state index in [2.05, 4.69) is 27.9 Å². The summed E-state index contributed by atoms with van der Waals surface area (Å²) in [5, 5.41) is 0. The van der Waals surface area contributed by atoms with Crippen molar-refractivity contribution in [3.63, 3.8) is 0 Å². The van der Waals surface area contributed by atoms with Crippen molar-refractivity contribution in [1.82, 2.24) is 0 Å². The summed E-state index contributed by atoms with van der Waals surface area (Å²) in [5.74, 6) is 0. The Morgan fingerprint density at radius 3 is 0.611 bits per heavy atom. The Labute approximate surface area is 123 Å². The Morgan fingerprint density at radius 1 is 0.500 bits per heavy atom. The molecule has 0 heterocycles. The molecular formula is C17H50N+. The van der Waals surface area contributed by atoms with Crippen molar-refractivity contribution in [1.29, 1.82) is 0 Å². The first-order chi connectivity index (χ1) is 8.12. The van der Waals surface area contributed by atoms with Gasteiger partial charge in [-0.3, -0.25) is 0 Å². The number of hydrogen-bond acceptors (Lipinski definition) is 0. The number of rotatable bonds is 2. The molecule has 0 radical (unpaired) electrons. The lowest BCUT2D eigenvalue weighted by atomic mass is 10.5. The van der Waals surface area contributed by atoms with E-state index in [1.54, 1.807) is 0 Å². The van der Waals surface area contributed by atoms with E-state index >= 15 is 0 Å². The van der Waals surface area contributed by atoms with Crippen LogP contribution in [-0.2, 0) is 0 Å². The van der Waals surface area contributed by atoms with Gasteiger partial charge in [0.15, 0.2) is 0 Å². The monoisotopic (exact) mass is 268 g/mol.